The zero-order chi connectivity index (χ0) is 10.8. The molecule has 5 heteroatoms. The van der Waals surface area contributed by atoms with Gasteiger partial charge in [0.05, 0.1) is 4.88 Å². The number of aromatic carboxylic acids is 1. The first-order valence-corrected chi connectivity index (χ1v) is 5.04. The van der Waals surface area contributed by atoms with E-state index < -0.39 is 5.97 Å². The second kappa shape index (κ2) is 3.70. The third-order valence-electron chi connectivity index (χ3n) is 1.98. The van der Waals surface area contributed by atoms with Gasteiger partial charge < -0.3 is 10.1 Å². The van der Waals surface area contributed by atoms with Gasteiger partial charge in [-0.05, 0) is 23.1 Å². The Bertz CT molecular complexity index is 512. The second-order valence-corrected chi connectivity index (χ2v) is 3.91. The maximum Gasteiger partial charge on any atom is 0.352 e. The van der Waals surface area contributed by atoms with E-state index in [0.29, 0.717) is 4.88 Å². The van der Waals surface area contributed by atoms with E-state index in [-0.39, 0.29) is 5.69 Å². The lowest BCUT2D eigenvalue weighted by Crippen LogP contribution is -1.94. The molecule has 0 amide bonds. The molecule has 0 bridgehead atoms. The van der Waals surface area contributed by atoms with Crippen molar-refractivity contribution in [3.8, 4) is 11.1 Å². The maximum absolute atomic E-state index is 10.6. The molecule has 2 rings (SSSR count). The van der Waals surface area contributed by atoms with E-state index >= 15 is 0 Å². The molecule has 0 radical (unpaired) electrons. The van der Waals surface area contributed by atoms with Crippen LogP contribution in [-0.4, -0.2) is 22.3 Å². The van der Waals surface area contributed by atoms with Gasteiger partial charge in [-0.15, -0.1) is 11.3 Å². The number of carboxylic acids is 1. The number of rotatable bonds is 3. The summed E-state index contributed by atoms with van der Waals surface area (Å²) >= 11 is 1.33. The van der Waals surface area contributed by atoms with E-state index in [9.17, 15) is 9.59 Å². The summed E-state index contributed by atoms with van der Waals surface area (Å²) in [6, 6.07) is 3.27. The molecule has 0 aromatic carbocycles. The lowest BCUT2D eigenvalue weighted by atomic mass is 10.2. The minimum Gasteiger partial charge on any atom is -0.477 e. The Hall–Kier alpha value is -1.88. The Morgan fingerprint density at radius 1 is 1.40 bits per heavy atom. The molecular weight excluding hydrogens is 214 g/mol. The Balaban J connectivity index is 2.36. The summed E-state index contributed by atoms with van der Waals surface area (Å²) in [5.74, 6) is -0.993. The number of hydrogen-bond acceptors (Lipinski definition) is 3. The summed E-state index contributed by atoms with van der Waals surface area (Å²) in [7, 11) is 0. The Kier molecular flexibility index (Phi) is 2.39. The highest BCUT2D eigenvalue weighted by Gasteiger charge is 2.08. The topological polar surface area (TPSA) is 70.2 Å². The minimum atomic E-state index is -0.993. The van der Waals surface area contributed by atoms with Gasteiger partial charge in [0.25, 0.3) is 0 Å². The molecule has 0 unspecified atom stereocenters. The lowest BCUT2D eigenvalue weighted by molar-refractivity contribution is 0.0691. The molecule has 2 heterocycles. The molecule has 4 nitrogen and oxygen atoms in total. The normalized spacial score (nSPS) is 10.1. The van der Waals surface area contributed by atoms with Crippen LogP contribution in [0.15, 0.2) is 23.7 Å². The van der Waals surface area contributed by atoms with Gasteiger partial charge in [-0.3, -0.25) is 4.79 Å². The third kappa shape index (κ3) is 1.82. The van der Waals surface area contributed by atoms with Gasteiger partial charge in [-0.25, -0.2) is 4.79 Å². The summed E-state index contributed by atoms with van der Waals surface area (Å²) in [4.78, 5) is 24.4. The van der Waals surface area contributed by atoms with Crippen molar-refractivity contribution in [2.24, 2.45) is 0 Å². The van der Waals surface area contributed by atoms with E-state index in [2.05, 4.69) is 4.98 Å². The van der Waals surface area contributed by atoms with Crippen LogP contribution in [0, 0.1) is 0 Å². The fraction of sp³-hybridized carbons (Fsp3) is 0. The van der Waals surface area contributed by atoms with E-state index in [4.69, 9.17) is 5.11 Å². The van der Waals surface area contributed by atoms with Gasteiger partial charge in [-0.1, -0.05) is 0 Å². The minimum absolute atomic E-state index is 0.142. The van der Waals surface area contributed by atoms with Crippen molar-refractivity contribution in [2.45, 2.75) is 0 Å². The highest BCUT2D eigenvalue weighted by Crippen LogP contribution is 2.25. The molecule has 15 heavy (non-hydrogen) atoms. The van der Waals surface area contributed by atoms with Crippen LogP contribution in [0.2, 0.25) is 0 Å². The largest absolute Gasteiger partial charge is 0.477 e. The van der Waals surface area contributed by atoms with Crippen LogP contribution in [-0.2, 0) is 0 Å². The van der Waals surface area contributed by atoms with Gasteiger partial charge in [-0.2, -0.15) is 0 Å². The van der Waals surface area contributed by atoms with Crippen molar-refractivity contribution in [1.82, 2.24) is 4.98 Å². The number of nitrogens with one attached hydrogen (secondary N) is 1. The van der Waals surface area contributed by atoms with Gasteiger partial charge in [0.1, 0.15) is 5.69 Å². The number of H-pyrrole nitrogens is 1. The average molecular weight is 221 g/mol. The monoisotopic (exact) mass is 221 g/mol. The first-order chi connectivity index (χ1) is 7.20. The van der Waals surface area contributed by atoms with Gasteiger partial charge in [0.2, 0.25) is 0 Å². The molecule has 0 fully saturated rings. The molecule has 0 saturated heterocycles. The molecule has 0 spiro atoms. The molecule has 2 N–H and O–H groups in total. The number of carbonyl (C=O) groups excluding carboxylic acids is 1. The Morgan fingerprint density at radius 3 is 2.73 bits per heavy atom. The van der Waals surface area contributed by atoms with Crippen LogP contribution in [0.5, 0.6) is 0 Å². The lowest BCUT2D eigenvalue weighted by Gasteiger charge is -1.87. The molecule has 2 aromatic heterocycles. The predicted octanol–water partition coefficient (Wildman–Crippen LogP) is 2.25. The number of aromatic nitrogens is 1. The molecular formula is C10H7NO3S. The zero-order valence-corrected chi connectivity index (χ0v) is 8.38. The van der Waals surface area contributed by atoms with E-state index in [1.165, 1.54) is 11.3 Å². The Labute approximate surface area is 89.2 Å². The molecule has 0 aliphatic rings. The first kappa shape index (κ1) is 9.67. The summed E-state index contributed by atoms with van der Waals surface area (Å²) in [5.41, 5.74) is 1.77. The van der Waals surface area contributed by atoms with Crippen molar-refractivity contribution < 1.29 is 14.7 Å². The fourth-order valence-electron chi connectivity index (χ4n) is 1.25. The van der Waals surface area contributed by atoms with Crippen molar-refractivity contribution >= 4 is 23.6 Å². The van der Waals surface area contributed by atoms with E-state index in [1.54, 1.807) is 18.3 Å². The number of hydrogen-bond donors (Lipinski definition) is 2. The summed E-state index contributed by atoms with van der Waals surface area (Å²) in [6.45, 7) is 0. The van der Waals surface area contributed by atoms with E-state index in [0.717, 1.165) is 17.4 Å². The fourth-order valence-corrected chi connectivity index (χ4v) is 1.97. The van der Waals surface area contributed by atoms with Gasteiger partial charge in [0.15, 0.2) is 6.29 Å². The van der Waals surface area contributed by atoms with Crippen molar-refractivity contribution in [3.05, 3.63) is 34.3 Å². The number of carbonyl (C=O) groups is 2. The zero-order valence-electron chi connectivity index (χ0n) is 7.56. The molecule has 0 saturated carbocycles. The maximum atomic E-state index is 10.6. The summed E-state index contributed by atoms with van der Waals surface area (Å²) in [5, 5.41) is 10.5. The van der Waals surface area contributed by atoms with Crippen molar-refractivity contribution in [3.63, 3.8) is 0 Å². The highest BCUT2D eigenvalue weighted by molar-refractivity contribution is 7.12. The van der Waals surface area contributed by atoms with Crippen molar-refractivity contribution in [2.75, 3.05) is 0 Å². The van der Waals surface area contributed by atoms with Crippen LogP contribution in [0.25, 0.3) is 11.1 Å². The smallest absolute Gasteiger partial charge is 0.352 e. The second-order valence-electron chi connectivity index (χ2n) is 2.96. The Morgan fingerprint density at radius 2 is 2.20 bits per heavy atom. The van der Waals surface area contributed by atoms with Crippen LogP contribution in [0.4, 0.5) is 0 Å². The molecule has 0 atom stereocenters. The summed E-state index contributed by atoms with van der Waals surface area (Å²) < 4.78 is 0. The van der Waals surface area contributed by atoms with Gasteiger partial charge in [0, 0.05) is 11.8 Å². The quantitative estimate of drug-likeness (QED) is 0.781. The molecule has 0 aliphatic carbocycles. The SMILES string of the molecule is O=Cc1cc(-c2c[nH]c(C(=O)O)c2)cs1. The predicted molar refractivity (Wildman–Crippen MR) is 56.5 cm³/mol. The van der Waals surface area contributed by atoms with Crippen LogP contribution >= 0.6 is 11.3 Å². The molecule has 76 valence electrons. The van der Waals surface area contributed by atoms with Crippen LogP contribution < -0.4 is 0 Å². The third-order valence-corrected chi connectivity index (χ3v) is 2.84. The summed E-state index contributed by atoms with van der Waals surface area (Å²) in [6.07, 6.45) is 2.39. The number of aldehydes is 1. The van der Waals surface area contributed by atoms with E-state index in [1.807, 2.05) is 5.38 Å². The molecule has 0 aliphatic heterocycles. The standard InChI is InChI=1S/C10H7NO3S/c12-4-8-1-7(5-15-8)6-2-9(10(13)14)11-3-6/h1-5,11H,(H,13,14). The number of aromatic amines is 1. The highest BCUT2D eigenvalue weighted by atomic mass is 32.1. The first-order valence-electron chi connectivity index (χ1n) is 4.16. The number of carboxylic acid groups (broad SMARTS) is 1. The average Bonchev–Trinajstić information content (AvgIpc) is 2.86. The van der Waals surface area contributed by atoms with Gasteiger partial charge >= 0.3 is 5.97 Å². The van der Waals surface area contributed by atoms with Crippen molar-refractivity contribution in [1.29, 1.82) is 0 Å². The van der Waals surface area contributed by atoms with Crippen LogP contribution in [0.1, 0.15) is 20.2 Å². The number of thiophene rings is 1. The molecule has 2 aromatic rings. The van der Waals surface area contributed by atoms with Crippen LogP contribution in [0.3, 0.4) is 0 Å².